The van der Waals surface area contributed by atoms with Gasteiger partial charge in [-0.05, 0) is 66.1 Å². The number of anilines is 4. The third-order valence-electron chi connectivity index (χ3n) is 10.7. The Morgan fingerprint density at radius 3 is 1.11 bits per heavy atom. The average Bonchev–Trinajstić information content (AvgIpc) is 3.23. The van der Waals surface area contributed by atoms with E-state index in [4.69, 9.17) is 18.9 Å². The molecule has 0 atom stereocenters. The molecule has 6 aromatic rings. The number of hydrogen-bond acceptors (Lipinski definition) is 8. The van der Waals surface area contributed by atoms with E-state index in [2.05, 4.69) is 129 Å². The number of hydrogen-bond donors (Lipinski definition) is 0. The van der Waals surface area contributed by atoms with Gasteiger partial charge in [0.2, 0.25) is 0 Å². The molecular formula is C45H40N4O4. The van der Waals surface area contributed by atoms with E-state index in [-0.39, 0.29) is 0 Å². The Morgan fingerprint density at radius 1 is 0.340 bits per heavy atom. The lowest BCUT2D eigenvalue weighted by molar-refractivity contribution is 0.284. The zero-order valence-corrected chi connectivity index (χ0v) is 29.5. The maximum atomic E-state index is 6.28. The zero-order valence-electron chi connectivity index (χ0n) is 29.5. The normalized spacial score (nSPS) is 15.8. The summed E-state index contributed by atoms with van der Waals surface area (Å²) in [5.41, 5.74) is 11.9. The van der Waals surface area contributed by atoms with E-state index < -0.39 is 0 Å². The Bertz CT molecular complexity index is 2110. The SMILES string of the molecule is c1ccc2c(c1)CN(c1ccc3c(c1)OCN(c1ccc(Cc4ccc(N5COc6cc(N7COc8ccccc8C7)ccc6C5)cc4)cc1)C3)CO2. The third kappa shape index (κ3) is 6.31. The standard InChI is InChI=1S/C45H40N4O4/c1-3-7-42-34(5-1)24-48(30-50-42)40-19-13-36-26-46(28-52-44(36)22-40)38-15-9-32(10-16-38)21-33-11-17-39(18-12-33)47-27-37-14-20-41(23-45(37)53-29-47)49-25-35-6-2-4-8-43(35)51-31-49/h1-20,22-23H,21,24-31H2. The van der Waals surface area contributed by atoms with Crippen LogP contribution in [0.1, 0.15) is 33.4 Å². The molecule has 4 heterocycles. The van der Waals surface area contributed by atoms with Gasteiger partial charge in [-0.3, -0.25) is 0 Å². The van der Waals surface area contributed by atoms with Crippen molar-refractivity contribution in [3.63, 3.8) is 0 Å². The minimum Gasteiger partial charge on any atom is -0.473 e. The van der Waals surface area contributed by atoms with Crippen molar-refractivity contribution in [3.8, 4) is 23.0 Å². The number of benzene rings is 6. The fourth-order valence-corrected chi connectivity index (χ4v) is 7.70. The van der Waals surface area contributed by atoms with Crippen molar-refractivity contribution in [2.75, 3.05) is 46.5 Å². The van der Waals surface area contributed by atoms with Gasteiger partial charge >= 0.3 is 0 Å². The van der Waals surface area contributed by atoms with Crippen LogP contribution in [-0.2, 0) is 32.6 Å². The highest BCUT2D eigenvalue weighted by molar-refractivity contribution is 5.60. The largest absolute Gasteiger partial charge is 0.473 e. The van der Waals surface area contributed by atoms with Crippen LogP contribution >= 0.6 is 0 Å². The lowest BCUT2D eigenvalue weighted by atomic mass is 10.0. The molecule has 264 valence electrons. The summed E-state index contributed by atoms with van der Waals surface area (Å²) < 4.78 is 24.5. The zero-order chi connectivity index (χ0) is 35.1. The predicted molar refractivity (Wildman–Crippen MR) is 208 cm³/mol. The van der Waals surface area contributed by atoms with Gasteiger partial charge in [0.15, 0.2) is 26.9 Å². The van der Waals surface area contributed by atoms with Gasteiger partial charge in [0, 0.05) is 83.3 Å². The molecule has 0 bridgehead atoms. The van der Waals surface area contributed by atoms with Crippen LogP contribution in [0.3, 0.4) is 0 Å². The number of rotatable bonds is 6. The van der Waals surface area contributed by atoms with E-state index >= 15 is 0 Å². The predicted octanol–water partition coefficient (Wildman–Crippen LogP) is 8.70. The number of ether oxygens (including phenoxy) is 4. The van der Waals surface area contributed by atoms with E-state index in [1.165, 1.54) is 33.4 Å². The van der Waals surface area contributed by atoms with Crippen molar-refractivity contribution in [1.29, 1.82) is 0 Å². The maximum Gasteiger partial charge on any atom is 0.161 e. The molecule has 8 nitrogen and oxygen atoms in total. The van der Waals surface area contributed by atoms with Crippen molar-refractivity contribution in [3.05, 3.63) is 167 Å². The Morgan fingerprint density at radius 2 is 0.679 bits per heavy atom. The van der Waals surface area contributed by atoms with Crippen LogP contribution in [0.25, 0.3) is 0 Å². The first-order chi connectivity index (χ1) is 26.2. The molecule has 0 saturated carbocycles. The monoisotopic (exact) mass is 700 g/mol. The maximum absolute atomic E-state index is 6.28. The van der Waals surface area contributed by atoms with Crippen molar-refractivity contribution in [2.24, 2.45) is 0 Å². The molecule has 4 aliphatic rings. The molecule has 6 aromatic carbocycles. The van der Waals surface area contributed by atoms with Crippen LogP contribution in [0.4, 0.5) is 22.7 Å². The first-order valence-electron chi connectivity index (χ1n) is 18.3. The minimum absolute atomic E-state index is 0.519. The van der Waals surface area contributed by atoms with Crippen LogP contribution in [0.5, 0.6) is 23.0 Å². The number of para-hydroxylation sites is 2. The minimum atomic E-state index is 0.519. The average molecular weight is 701 g/mol. The summed E-state index contributed by atoms with van der Waals surface area (Å²) in [6, 6.07) is 47.3. The second-order valence-electron chi connectivity index (χ2n) is 14.2. The van der Waals surface area contributed by atoms with Crippen molar-refractivity contribution in [1.82, 2.24) is 0 Å². The molecule has 0 saturated heterocycles. The van der Waals surface area contributed by atoms with Gasteiger partial charge in [0.05, 0.1) is 0 Å². The molecule has 0 amide bonds. The lowest BCUT2D eigenvalue weighted by Gasteiger charge is -2.34. The smallest absolute Gasteiger partial charge is 0.161 e. The van der Waals surface area contributed by atoms with Gasteiger partial charge in [0.1, 0.15) is 23.0 Å². The Labute approximate surface area is 309 Å². The van der Waals surface area contributed by atoms with E-state index in [9.17, 15) is 0 Å². The molecule has 0 unspecified atom stereocenters. The van der Waals surface area contributed by atoms with Crippen LogP contribution in [0.15, 0.2) is 133 Å². The molecule has 0 aromatic heterocycles. The molecule has 10 rings (SSSR count). The molecular weight excluding hydrogens is 661 g/mol. The summed E-state index contributed by atoms with van der Waals surface area (Å²) >= 11 is 0. The molecule has 0 N–H and O–H groups in total. The van der Waals surface area contributed by atoms with E-state index in [0.717, 1.165) is 78.3 Å². The molecule has 53 heavy (non-hydrogen) atoms. The summed E-state index contributed by atoms with van der Waals surface area (Å²) in [6.45, 7) is 5.38. The van der Waals surface area contributed by atoms with Gasteiger partial charge in [-0.2, -0.15) is 0 Å². The second kappa shape index (κ2) is 13.4. The summed E-state index contributed by atoms with van der Waals surface area (Å²) in [5, 5.41) is 0. The Kier molecular flexibility index (Phi) is 7.93. The van der Waals surface area contributed by atoms with Crippen LogP contribution in [0.2, 0.25) is 0 Å². The summed E-state index contributed by atoms with van der Waals surface area (Å²) in [7, 11) is 0. The summed E-state index contributed by atoms with van der Waals surface area (Å²) in [5.74, 6) is 3.84. The summed E-state index contributed by atoms with van der Waals surface area (Å²) in [6.07, 6.45) is 0.875. The first kappa shape index (κ1) is 31.5. The van der Waals surface area contributed by atoms with Crippen molar-refractivity contribution >= 4 is 22.7 Å². The lowest BCUT2D eigenvalue weighted by Crippen LogP contribution is -2.33. The Hall–Kier alpha value is -6.28. The molecule has 4 aliphatic heterocycles. The summed E-state index contributed by atoms with van der Waals surface area (Å²) in [4.78, 5) is 9.04. The van der Waals surface area contributed by atoms with Gasteiger partial charge in [0.25, 0.3) is 0 Å². The van der Waals surface area contributed by atoms with Crippen molar-refractivity contribution in [2.45, 2.75) is 32.6 Å². The van der Waals surface area contributed by atoms with E-state index in [0.29, 0.717) is 26.9 Å². The molecule has 0 radical (unpaired) electrons. The van der Waals surface area contributed by atoms with Gasteiger partial charge < -0.3 is 38.5 Å². The van der Waals surface area contributed by atoms with Crippen molar-refractivity contribution < 1.29 is 18.9 Å². The van der Waals surface area contributed by atoms with Crippen LogP contribution in [-0.4, -0.2) is 26.9 Å². The number of fused-ring (bicyclic) bond motifs is 4. The fourth-order valence-electron chi connectivity index (χ4n) is 7.70. The van der Waals surface area contributed by atoms with Crippen LogP contribution < -0.4 is 38.5 Å². The second-order valence-corrected chi connectivity index (χ2v) is 14.2. The molecule has 0 fully saturated rings. The Balaban J connectivity index is 0.741. The quantitative estimate of drug-likeness (QED) is 0.171. The molecule has 8 heteroatoms. The third-order valence-corrected chi connectivity index (χ3v) is 10.7. The van der Waals surface area contributed by atoms with E-state index in [1.54, 1.807) is 0 Å². The van der Waals surface area contributed by atoms with Gasteiger partial charge in [-0.1, -0.05) is 72.8 Å². The van der Waals surface area contributed by atoms with Gasteiger partial charge in [-0.15, -0.1) is 0 Å². The fraction of sp³-hybridized carbons (Fsp3) is 0.200. The highest BCUT2D eigenvalue weighted by atomic mass is 16.5. The van der Waals surface area contributed by atoms with Crippen LogP contribution in [0, 0.1) is 0 Å². The topological polar surface area (TPSA) is 49.9 Å². The molecule has 0 aliphatic carbocycles. The highest BCUT2D eigenvalue weighted by Crippen LogP contribution is 2.37. The first-order valence-corrected chi connectivity index (χ1v) is 18.3. The molecule has 0 spiro atoms. The highest BCUT2D eigenvalue weighted by Gasteiger charge is 2.24. The number of nitrogens with zero attached hydrogens (tertiary/aromatic N) is 4. The van der Waals surface area contributed by atoms with E-state index in [1.807, 2.05) is 24.3 Å². The van der Waals surface area contributed by atoms with Gasteiger partial charge in [-0.25, -0.2) is 0 Å².